The van der Waals surface area contributed by atoms with E-state index in [2.05, 4.69) is 29.2 Å². The van der Waals surface area contributed by atoms with Gasteiger partial charge in [-0.25, -0.2) is 0 Å². The zero-order valence-electron chi connectivity index (χ0n) is 6.05. The molecule has 0 radical (unpaired) electrons. The van der Waals surface area contributed by atoms with Crippen LogP contribution in [0.2, 0.25) is 0 Å². The molecule has 0 aliphatic heterocycles. The molecule has 0 aromatic rings. The third-order valence-electron chi connectivity index (χ3n) is 0.924. The minimum atomic E-state index is 1.21. The third-order valence-corrected chi connectivity index (χ3v) is 1.34. The molecule has 0 fully saturated rings. The van der Waals surface area contributed by atoms with Crippen LogP contribution in [0.25, 0.3) is 0 Å². The van der Waals surface area contributed by atoms with E-state index in [9.17, 15) is 0 Å². The highest BCUT2D eigenvalue weighted by atomic mass is 127. The first-order valence-corrected chi connectivity index (χ1v) is 4.28. The number of allylic oxidation sites excluding steroid dienone is 6. The van der Waals surface area contributed by atoms with Gasteiger partial charge >= 0.3 is 0 Å². The Morgan fingerprint density at radius 3 is 2.60 bits per heavy atom. The molecule has 0 heterocycles. The van der Waals surface area contributed by atoms with Gasteiger partial charge in [-0.2, -0.15) is 0 Å². The van der Waals surface area contributed by atoms with Gasteiger partial charge in [0.1, 0.15) is 0 Å². The molecule has 10 heavy (non-hydrogen) atoms. The fraction of sp³-hybridized carbons (Fsp3) is 0.111. The summed E-state index contributed by atoms with van der Waals surface area (Å²) in [7, 11) is 0. The molecule has 0 spiro atoms. The molecule has 0 aliphatic carbocycles. The molecule has 0 unspecified atom stereocenters. The average Bonchev–Trinajstić information content (AvgIpc) is 1.89. The second-order valence-electron chi connectivity index (χ2n) is 1.82. The van der Waals surface area contributed by atoms with E-state index in [1.54, 1.807) is 6.08 Å². The van der Waals surface area contributed by atoms with E-state index in [0.29, 0.717) is 0 Å². The van der Waals surface area contributed by atoms with Crippen LogP contribution in [0.15, 0.2) is 46.6 Å². The Morgan fingerprint density at radius 2 is 2.10 bits per heavy atom. The predicted octanol–water partition coefficient (Wildman–Crippen LogP) is 3.62. The molecule has 0 amide bonds. The van der Waals surface area contributed by atoms with E-state index in [-0.39, 0.29) is 0 Å². The summed E-state index contributed by atoms with van der Waals surface area (Å²) in [5.41, 5.74) is 1.21. The summed E-state index contributed by atoms with van der Waals surface area (Å²) in [4.78, 5) is 0. The maximum atomic E-state index is 3.60. The number of hydrogen-bond acceptors (Lipinski definition) is 0. The summed E-state index contributed by atoms with van der Waals surface area (Å²) in [6, 6.07) is 0. The van der Waals surface area contributed by atoms with Crippen LogP contribution in [0.3, 0.4) is 0 Å². The van der Waals surface area contributed by atoms with E-state index in [1.807, 2.05) is 35.3 Å². The van der Waals surface area contributed by atoms with E-state index >= 15 is 0 Å². The highest BCUT2D eigenvalue weighted by molar-refractivity contribution is 14.1. The van der Waals surface area contributed by atoms with Crippen molar-refractivity contribution in [1.82, 2.24) is 0 Å². The van der Waals surface area contributed by atoms with Crippen LogP contribution in [-0.2, 0) is 0 Å². The largest absolute Gasteiger partial charge is 0.0991 e. The van der Waals surface area contributed by atoms with Crippen molar-refractivity contribution in [2.45, 2.75) is 6.92 Å². The first kappa shape index (κ1) is 9.69. The standard InChI is InChI=1S/C9H11I/c1-3-6-9(2)7-4-5-8-10/h3-8H,1H2,2H3/b7-4+,8-5+,9-6+. The molecule has 0 nitrogen and oxygen atoms in total. The molecule has 0 saturated heterocycles. The Balaban J connectivity index is 3.88. The topological polar surface area (TPSA) is 0 Å². The summed E-state index contributed by atoms with van der Waals surface area (Å²) in [6.07, 6.45) is 9.78. The van der Waals surface area contributed by atoms with Crippen LogP contribution in [0, 0.1) is 0 Å². The lowest BCUT2D eigenvalue weighted by molar-refractivity contribution is 1.53. The van der Waals surface area contributed by atoms with Crippen molar-refractivity contribution in [2.75, 3.05) is 0 Å². The fourth-order valence-electron chi connectivity index (χ4n) is 0.491. The Morgan fingerprint density at radius 1 is 1.40 bits per heavy atom. The SMILES string of the molecule is C=C/C=C(C)/C=C/C=C/I. The Labute approximate surface area is 76.2 Å². The zero-order chi connectivity index (χ0) is 7.82. The fourth-order valence-corrected chi connectivity index (χ4v) is 0.731. The molecule has 0 saturated carbocycles. The Bertz CT molecular complexity index is 173. The second kappa shape index (κ2) is 6.81. The van der Waals surface area contributed by atoms with Crippen LogP contribution in [0.1, 0.15) is 6.92 Å². The first-order chi connectivity index (χ1) is 4.81. The lowest BCUT2D eigenvalue weighted by Gasteiger charge is -1.83. The molecule has 0 N–H and O–H groups in total. The van der Waals surface area contributed by atoms with Crippen molar-refractivity contribution < 1.29 is 0 Å². The first-order valence-electron chi connectivity index (χ1n) is 3.04. The Hall–Kier alpha value is -0.310. The van der Waals surface area contributed by atoms with E-state index in [4.69, 9.17) is 0 Å². The lowest BCUT2D eigenvalue weighted by Crippen LogP contribution is -1.62. The molecule has 0 aromatic heterocycles. The maximum Gasteiger partial charge on any atom is -0.0234 e. The van der Waals surface area contributed by atoms with Crippen molar-refractivity contribution in [3.8, 4) is 0 Å². The second-order valence-corrected chi connectivity index (χ2v) is 2.54. The predicted molar refractivity (Wildman–Crippen MR) is 56.3 cm³/mol. The minimum Gasteiger partial charge on any atom is -0.0991 e. The molecule has 0 rings (SSSR count). The molecule has 0 aromatic carbocycles. The van der Waals surface area contributed by atoms with Crippen molar-refractivity contribution in [3.05, 3.63) is 46.6 Å². The van der Waals surface area contributed by atoms with Crippen LogP contribution in [0.5, 0.6) is 0 Å². The smallest absolute Gasteiger partial charge is 0.0234 e. The van der Waals surface area contributed by atoms with Gasteiger partial charge in [0, 0.05) is 0 Å². The van der Waals surface area contributed by atoms with Crippen LogP contribution >= 0.6 is 22.6 Å². The van der Waals surface area contributed by atoms with Gasteiger partial charge in [0.2, 0.25) is 0 Å². The molecule has 0 atom stereocenters. The highest BCUT2D eigenvalue weighted by Crippen LogP contribution is 1.95. The third kappa shape index (κ3) is 5.82. The van der Waals surface area contributed by atoms with Gasteiger partial charge in [0.05, 0.1) is 0 Å². The van der Waals surface area contributed by atoms with Crippen molar-refractivity contribution in [1.29, 1.82) is 0 Å². The van der Waals surface area contributed by atoms with E-state index in [1.165, 1.54) is 5.57 Å². The van der Waals surface area contributed by atoms with Crippen LogP contribution in [0.4, 0.5) is 0 Å². The van der Waals surface area contributed by atoms with E-state index < -0.39 is 0 Å². The van der Waals surface area contributed by atoms with Gasteiger partial charge in [-0.1, -0.05) is 65.1 Å². The van der Waals surface area contributed by atoms with Gasteiger partial charge in [-0.15, -0.1) is 0 Å². The average molecular weight is 246 g/mol. The van der Waals surface area contributed by atoms with E-state index in [0.717, 1.165) is 0 Å². The summed E-state index contributed by atoms with van der Waals surface area (Å²) in [5, 5.41) is 0. The normalized spacial score (nSPS) is 13.2. The van der Waals surface area contributed by atoms with Crippen molar-refractivity contribution in [2.24, 2.45) is 0 Å². The van der Waals surface area contributed by atoms with Crippen molar-refractivity contribution in [3.63, 3.8) is 0 Å². The van der Waals surface area contributed by atoms with Gasteiger partial charge < -0.3 is 0 Å². The van der Waals surface area contributed by atoms with Gasteiger partial charge in [0.25, 0.3) is 0 Å². The summed E-state index contributed by atoms with van der Waals surface area (Å²) in [6.45, 7) is 5.64. The maximum absolute atomic E-state index is 3.60. The zero-order valence-corrected chi connectivity index (χ0v) is 8.21. The molecule has 1 heteroatoms. The van der Waals surface area contributed by atoms with Crippen LogP contribution in [-0.4, -0.2) is 0 Å². The minimum absolute atomic E-state index is 1.21. The molecular weight excluding hydrogens is 235 g/mol. The van der Waals surface area contributed by atoms with Gasteiger partial charge in [-0.3, -0.25) is 0 Å². The highest BCUT2D eigenvalue weighted by Gasteiger charge is 1.73. The quantitative estimate of drug-likeness (QED) is 0.527. The molecular formula is C9H11I. The molecule has 54 valence electrons. The van der Waals surface area contributed by atoms with Crippen LogP contribution < -0.4 is 0 Å². The summed E-state index contributed by atoms with van der Waals surface area (Å²) in [5.74, 6) is 0. The Kier molecular flexibility index (Phi) is 6.59. The number of rotatable bonds is 3. The summed E-state index contributed by atoms with van der Waals surface area (Å²) >= 11 is 2.18. The van der Waals surface area contributed by atoms with Gasteiger partial charge in [-0.05, 0) is 11.0 Å². The monoisotopic (exact) mass is 246 g/mol. The number of halogens is 1. The van der Waals surface area contributed by atoms with Gasteiger partial charge in [0.15, 0.2) is 0 Å². The number of hydrogen-bond donors (Lipinski definition) is 0. The summed E-state index contributed by atoms with van der Waals surface area (Å²) < 4.78 is 1.97. The molecule has 0 aliphatic rings. The molecule has 0 bridgehead atoms. The lowest BCUT2D eigenvalue weighted by atomic mass is 10.2. The van der Waals surface area contributed by atoms with Crippen molar-refractivity contribution >= 4 is 22.6 Å².